The van der Waals surface area contributed by atoms with Crippen molar-refractivity contribution in [2.45, 2.75) is 44.9 Å². The normalized spacial score (nSPS) is 17.9. The van der Waals surface area contributed by atoms with Crippen molar-refractivity contribution in [3.63, 3.8) is 0 Å². The molecule has 1 atom stereocenters. The van der Waals surface area contributed by atoms with Crippen molar-refractivity contribution in [2.24, 2.45) is 5.92 Å². The molecule has 3 rings (SSSR count). The minimum absolute atomic E-state index is 0.153. The number of hydrogen-bond donors (Lipinski definition) is 0. The maximum absolute atomic E-state index is 16.8. The van der Waals surface area contributed by atoms with Crippen molar-refractivity contribution in [3.05, 3.63) is 71.3 Å². The molecule has 2 aromatic carbocycles. The van der Waals surface area contributed by atoms with Gasteiger partial charge in [0.15, 0.2) is 5.67 Å². The van der Waals surface area contributed by atoms with Gasteiger partial charge in [-0.3, -0.25) is 0 Å². The molecule has 0 aromatic heterocycles. The molecule has 1 fully saturated rings. The summed E-state index contributed by atoms with van der Waals surface area (Å²) >= 11 is 0. The van der Waals surface area contributed by atoms with E-state index in [2.05, 4.69) is 0 Å². The summed E-state index contributed by atoms with van der Waals surface area (Å²) in [6.45, 7) is 5.98. The third-order valence-electron chi connectivity index (χ3n) is 5.16. The number of ether oxygens (including phenoxy) is 1. The summed E-state index contributed by atoms with van der Waals surface area (Å²) in [6.07, 6.45) is 0.658. The van der Waals surface area contributed by atoms with Crippen LogP contribution in [-0.4, -0.2) is 29.7 Å². The second-order valence-corrected chi connectivity index (χ2v) is 8.49. The number of likely N-dealkylation sites (tertiary alicyclic amines) is 1. The number of carbonyl (C=O) groups is 1. The van der Waals surface area contributed by atoms with Crippen LogP contribution >= 0.6 is 0 Å². The number of nitrogens with zero attached hydrogens (tertiary/aromatic N) is 1. The first-order valence-electron chi connectivity index (χ1n) is 9.78. The van der Waals surface area contributed by atoms with E-state index in [9.17, 15) is 13.6 Å². The molecular weight excluding hydrogens is 379 g/mol. The topological polar surface area (TPSA) is 29.5 Å². The van der Waals surface area contributed by atoms with Crippen LogP contribution in [0.4, 0.5) is 18.0 Å². The number of piperidine rings is 1. The van der Waals surface area contributed by atoms with Crippen LogP contribution in [-0.2, 0) is 10.4 Å². The Balaban J connectivity index is 1.96. The Morgan fingerprint density at radius 2 is 1.45 bits per heavy atom. The first kappa shape index (κ1) is 21.2. The van der Waals surface area contributed by atoms with Crippen molar-refractivity contribution < 1.29 is 22.7 Å². The standard InChI is InChI=1S/C23H26F3NO2/c1-22(2,3)29-21(28)27-14-4-5-18(15-27)23(26,16-6-10-19(24)11-7-16)17-8-12-20(25)13-9-17/h6-13,18H,4-5,14-15H2,1-3H3. The van der Waals surface area contributed by atoms with Gasteiger partial charge in [0.2, 0.25) is 0 Å². The molecule has 0 aliphatic carbocycles. The van der Waals surface area contributed by atoms with E-state index in [1.165, 1.54) is 53.4 Å². The summed E-state index contributed by atoms with van der Waals surface area (Å²) in [5, 5.41) is 0. The van der Waals surface area contributed by atoms with Crippen molar-refractivity contribution >= 4 is 6.09 Å². The lowest BCUT2D eigenvalue weighted by atomic mass is 9.74. The number of carbonyl (C=O) groups excluding carboxylic acids is 1. The maximum atomic E-state index is 16.8. The number of amides is 1. The van der Waals surface area contributed by atoms with Gasteiger partial charge in [-0.2, -0.15) is 0 Å². The van der Waals surface area contributed by atoms with Gasteiger partial charge in [0.05, 0.1) is 0 Å². The molecule has 1 unspecified atom stereocenters. The van der Waals surface area contributed by atoms with Crippen LogP contribution in [0.15, 0.2) is 48.5 Å². The number of hydrogen-bond acceptors (Lipinski definition) is 2. The van der Waals surface area contributed by atoms with Crippen LogP contribution in [0.25, 0.3) is 0 Å². The third kappa shape index (κ3) is 4.74. The fourth-order valence-electron chi connectivity index (χ4n) is 3.82. The maximum Gasteiger partial charge on any atom is 0.410 e. The zero-order chi connectivity index (χ0) is 21.2. The van der Waals surface area contributed by atoms with Crippen LogP contribution in [0.5, 0.6) is 0 Å². The molecule has 1 aliphatic heterocycles. The lowest BCUT2D eigenvalue weighted by Crippen LogP contribution is -2.48. The van der Waals surface area contributed by atoms with Gasteiger partial charge >= 0.3 is 6.09 Å². The highest BCUT2D eigenvalue weighted by Gasteiger charge is 2.45. The fourth-order valence-corrected chi connectivity index (χ4v) is 3.82. The highest BCUT2D eigenvalue weighted by atomic mass is 19.1. The molecule has 0 bridgehead atoms. The molecule has 1 saturated heterocycles. The molecule has 6 heteroatoms. The van der Waals surface area contributed by atoms with E-state index >= 15 is 4.39 Å². The molecule has 1 amide bonds. The quantitative estimate of drug-likeness (QED) is 0.643. The van der Waals surface area contributed by atoms with Crippen LogP contribution in [0, 0.1) is 17.6 Å². The molecule has 3 nitrogen and oxygen atoms in total. The van der Waals surface area contributed by atoms with Gasteiger partial charge in [-0.1, -0.05) is 24.3 Å². The lowest BCUT2D eigenvalue weighted by Gasteiger charge is -2.41. The molecule has 1 heterocycles. The van der Waals surface area contributed by atoms with Crippen molar-refractivity contribution in [1.82, 2.24) is 4.90 Å². The first-order chi connectivity index (χ1) is 13.6. The Bertz CT molecular complexity index is 798. The van der Waals surface area contributed by atoms with Crippen molar-refractivity contribution in [2.75, 3.05) is 13.1 Å². The lowest BCUT2D eigenvalue weighted by molar-refractivity contribution is 0.00147. The Hall–Kier alpha value is -2.50. The van der Waals surface area contributed by atoms with Crippen LogP contribution in [0.1, 0.15) is 44.7 Å². The molecule has 0 spiro atoms. The monoisotopic (exact) mass is 405 g/mol. The zero-order valence-corrected chi connectivity index (χ0v) is 16.9. The number of rotatable bonds is 3. The summed E-state index contributed by atoms with van der Waals surface area (Å²) in [4.78, 5) is 14.0. The largest absolute Gasteiger partial charge is 0.444 e. The van der Waals surface area contributed by atoms with Gasteiger partial charge in [0.25, 0.3) is 0 Å². The number of halogens is 3. The van der Waals surface area contributed by atoms with Crippen molar-refractivity contribution in [1.29, 1.82) is 0 Å². The summed E-state index contributed by atoms with van der Waals surface area (Å²) in [5.74, 6) is -1.51. The fraction of sp³-hybridized carbons (Fsp3) is 0.435. The van der Waals surface area contributed by atoms with Gasteiger partial charge in [0.1, 0.15) is 17.2 Å². The number of benzene rings is 2. The molecule has 1 aliphatic rings. The zero-order valence-electron chi connectivity index (χ0n) is 16.9. The molecule has 0 radical (unpaired) electrons. The highest BCUT2D eigenvalue weighted by molar-refractivity contribution is 5.68. The minimum Gasteiger partial charge on any atom is -0.444 e. The van der Waals surface area contributed by atoms with Gasteiger partial charge in [-0.05, 0) is 69.0 Å². The number of alkyl halides is 1. The molecule has 29 heavy (non-hydrogen) atoms. The second kappa shape index (κ2) is 8.09. The first-order valence-corrected chi connectivity index (χ1v) is 9.78. The summed E-state index contributed by atoms with van der Waals surface area (Å²) in [6, 6.07) is 10.5. The molecule has 156 valence electrons. The predicted octanol–water partition coefficient (Wildman–Crippen LogP) is 5.83. The summed E-state index contributed by atoms with van der Waals surface area (Å²) in [5.41, 5.74) is -2.09. The average Bonchev–Trinajstić information content (AvgIpc) is 2.67. The van der Waals surface area contributed by atoms with E-state index in [4.69, 9.17) is 4.74 Å². The average molecular weight is 405 g/mol. The Morgan fingerprint density at radius 1 is 0.966 bits per heavy atom. The predicted molar refractivity (Wildman–Crippen MR) is 105 cm³/mol. The van der Waals surface area contributed by atoms with E-state index in [-0.39, 0.29) is 17.7 Å². The van der Waals surface area contributed by atoms with Crippen LogP contribution in [0.2, 0.25) is 0 Å². The Kier molecular flexibility index (Phi) is 5.92. The van der Waals surface area contributed by atoms with Gasteiger partial charge in [-0.15, -0.1) is 0 Å². The summed E-state index contributed by atoms with van der Waals surface area (Å²) < 4.78 is 49.1. The molecular formula is C23H26F3NO2. The molecule has 0 N–H and O–H groups in total. The van der Waals surface area contributed by atoms with Gasteiger partial charge in [-0.25, -0.2) is 18.0 Å². The van der Waals surface area contributed by atoms with Crippen molar-refractivity contribution in [3.8, 4) is 0 Å². The summed E-state index contributed by atoms with van der Waals surface area (Å²) in [7, 11) is 0. The Morgan fingerprint density at radius 3 is 1.90 bits per heavy atom. The molecule has 0 saturated carbocycles. The smallest absolute Gasteiger partial charge is 0.410 e. The highest BCUT2D eigenvalue weighted by Crippen LogP contribution is 2.45. The van der Waals surface area contributed by atoms with E-state index in [1.807, 2.05) is 0 Å². The van der Waals surface area contributed by atoms with Gasteiger partial charge < -0.3 is 9.64 Å². The minimum atomic E-state index is -2.00. The van der Waals surface area contributed by atoms with E-state index in [0.29, 0.717) is 19.4 Å². The van der Waals surface area contributed by atoms with Crippen LogP contribution < -0.4 is 0 Å². The van der Waals surface area contributed by atoms with E-state index in [1.54, 1.807) is 20.8 Å². The second-order valence-electron chi connectivity index (χ2n) is 8.49. The van der Waals surface area contributed by atoms with Crippen LogP contribution in [0.3, 0.4) is 0 Å². The third-order valence-corrected chi connectivity index (χ3v) is 5.16. The van der Waals surface area contributed by atoms with Gasteiger partial charge in [0, 0.05) is 19.0 Å². The van der Waals surface area contributed by atoms with E-state index in [0.717, 1.165) is 0 Å². The SMILES string of the molecule is CC(C)(C)OC(=O)N1CCCC(C(F)(c2ccc(F)cc2)c2ccc(F)cc2)C1. The molecule has 2 aromatic rings. The van der Waals surface area contributed by atoms with E-state index < -0.39 is 34.9 Å². The Labute approximate surface area is 169 Å².